The van der Waals surface area contributed by atoms with Crippen molar-refractivity contribution in [3.05, 3.63) is 0 Å². The first-order chi connectivity index (χ1) is 9.02. The van der Waals surface area contributed by atoms with E-state index in [0.29, 0.717) is 32.2 Å². The Balaban J connectivity index is 4.13. The molecule has 0 fully saturated rings. The van der Waals surface area contributed by atoms with Crippen LogP contribution in [-0.4, -0.2) is 63.4 Å². The van der Waals surface area contributed by atoms with Gasteiger partial charge in [-0.2, -0.15) is 0 Å². The maximum atomic E-state index is 12.2. The van der Waals surface area contributed by atoms with Crippen molar-refractivity contribution in [2.24, 2.45) is 0 Å². The summed E-state index contributed by atoms with van der Waals surface area (Å²) in [5.41, 5.74) is 0. The van der Waals surface area contributed by atoms with E-state index in [-0.39, 0.29) is 11.9 Å². The van der Waals surface area contributed by atoms with Gasteiger partial charge in [0.1, 0.15) is 0 Å². The van der Waals surface area contributed by atoms with Crippen LogP contribution in [0.25, 0.3) is 0 Å². The third kappa shape index (κ3) is 8.97. The summed E-state index contributed by atoms with van der Waals surface area (Å²) in [6, 6.07) is 0.554. The SMILES string of the molecule is COCCN(C(=O)CCCNC(C)C)C(C)COC. The molecular formula is C14H30N2O3. The van der Waals surface area contributed by atoms with E-state index in [9.17, 15) is 4.79 Å². The van der Waals surface area contributed by atoms with Crippen LogP contribution in [0.3, 0.4) is 0 Å². The van der Waals surface area contributed by atoms with Crippen LogP contribution < -0.4 is 5.32 Å². The number of amides is 1. The molecule has 0 aromatic carbocycles. The summed E-state index contributed by atoms with van der Waals surface area (Å²) in [5.74, 6) is 0.173. The molecule has 0 aliphatic carbocycles. The van der Waals surface area contributed by atoms with Gasteiger partial charge in [-0.15, -0.1) is 0 Å². The topological polar surface area (TPSA) is 50.8 Å². The second-order valence-electron chi connectivity index (χ2n) is 5.10. The number of carbonyl (C=O) groups excluding carboxylic acids is 1. The zero-order chi connectivity index (χ0) is 14.7. The van der Waals surface area contributed by atoms with E-state index in [0.717, 1.165) is 13.0 Å². The van der Waals surface area contributed by atoms with Crippen molar-refractivity contribution in [1.82, 2.24) is 10.2 Å². The lowest BCUT2D eigenvalue weighted by Crippen LogP contribution is -2.43. The lowest BCUT2D eigenvalue weighted by Gasteiger charge is -2.28. The van der Waals surface area contributed by atoms with Gasteiger partial charge in [-0.3, -0.25) is 4.79 Å². The second kappa shape index (κ2) is 11.2. The molecule has 5 heteroatoms. The average Bonchev–Trinajstić information content (AvgIpc) is 2.35. The smallest absolute Gasteiger partial charge is 0.223 e. The minimum absolute atomic E-state index is 0.0886. The van der Waals surface area contributed by atoms with Crippen LogP contribution in [0.1, 0.15) is 33.6 Å². The Morgan fingerprint density at radius 2 is 1.89 bits per heavy atom. The molecule has 0 saturated heterocycles. The predicted octanol–water partition coefficient (Wildman–Crippen LogP) is 1.27. The van der Waals surface area contributed by atoms with Crippen LogP contribution in [0, 0.1) is 0 Å². The fourth-order valence-corrected chi connectivity index (χ4v) is 1.89. The van der Waals surface area contributed by atoms with Gasteiger partial charge in [-0.25, -0.2) is 0 Å². The van der Waals surface area contributed by atoms with Crippen molar-refractivity contribution in [1.29, 1.82) is 0 Å². The zero-order valence-corrected chi connectivity index (χ0v) is 13.1. The summed E-state index contributed by atoms with van der Waals surface area (Å²) in [6.07, 6.45) is 1.43. The third-order valence-electron chi connectivity index (χ3n) is 2.92. The summed E-state index contributed by atoms with van der Waals surface area (Å²) in [4.78, 5) is 14.0. The molecule has 0 saturated carbocycles. The second-order valence-corrected chi connectivity index (χ2v) is 5.10. The Kier molecular flexibility index (Phi) is 10.8. The van der Waals surface area contributed by atoms with Crippen LogP contribution >= 0.6 is 0 Å². The van der Waals surface area contributed by atoms with Crippen LogP contribution in [0.4, 0.5) is 0 Å². The van der Waals surface area contributed by atoms with Crippen molar-refractivity contribution in [3.63, 3.8) is 0 Å². The van der Waals surface area contributed by atoms with Crippen LogP contribution in [0.5, 0.6) is 0 Å². The summed E-state index contributed by atoms with van der Waals surface area (Å²) < 4.78 is 10.2. The standard InChI is InChI=1S/C14H30N2O3/c1-12(2)15-8-6-7-14(17)16(9-10-18-4)13(3)11-19-5/h12-13,15H,6-11H2,1-5H3. The molecule has 0 aromatic heterocycles. The predicted molar refractivity (Wildman–Crippen MR) is 77.3 cm³/mol. The molecule has 1 unspecified atom stereocenters. The largest absolute Gasteiger partial charge is 0.383 e. The van der Waals surface area contributed by atoms with Gasteiger partial charge in [0.2, 0.25) is 5.91 Å². The summed E-state index contributed by atoms with van der Waals surface area (Å²) >= 11 is 0. The molecule has 114 valence electrons. The Hall–Kier alpha value is -0.650. The van der Waals surface area contributed by atoms with E-state index in [1.165, 1.54) is 0 Å². The first kappa shape index (κ1) is 18.4. The number of rotatable bonds is 11. The van der Waals surface area contributed by atoms with E-state index >= 15 is 0 Å². The summed E-state index contributed by atoms with van der Waals surface area (Å²) in [6.45, 7) is 8.82. The maximum Gasteiger partial charge on any atom is 0.223 e. The monoisotopic (exact) mass is 274 g/mol. The summed E-state index contributed by atoms with van der Waals surface area (Å²) in [5, 5.41) is 3.32. The molecule has 0 bridgehead atoms. The Morgan fingerprint density at radius 3 is 2.42 bits per heavy atom. The average molecular weight is 274 g/mol. The number of nitrogens with zero attached hydrogens (tertiary/aromatic N) is 1. The molecule has 5 nitrogen and oxygen atoms in total. The molecule has 19 heavy (non-hydrogen) atoms. The molecule has 0 radical (unpaired) electrons. The van der Waals surface area contributed by atoms with Crippen LogP contribution in [0.2, 0.25) is 0 Å². The van der Waals surface area contributed by atoms with Gasteiger partial charge < -0.3 is 19.7 Å². The molecule has 1 N–H and O–H groups in total. The number of nitrogens with one attached hydrogen (secondary N) is 1. The quantitative estimate of drug-likeness (QED) is 0.577. The van der Waals surface area contributed by atoms with Crippen LogP contribution in [0.15, 0.2) is 0 Å². The van der Waals surface area contributed by atoms with Crippen molar-refractivity contribution in [3.8, 4) is 0 Å². The molecule has 1 amide bonds. The van der Waals surface area contributed by atoms with Gasteiger partial charge in [0.15, 0.2) is 0 Å². The molecule has 0 spiro atoms. The number of hydrogen-bond donors (Lipinski definition) is 1. The lowest BCUT2D eigenvalue weighted by atomic mass is 10.2. The van der Waals surface area contributed by atoms with Gasteiger partial charge in [-0.05, 0) is 19.9 Å². The van der Waals surface area contributed by atoms with Crippen molar-refractivity contribution < 1.29 is 14.3 Å². The van der Waals surface area contributed by atoms with E-state index in [1.807, 2.05) is 11.8 Å². The molecule has 0 heterocycles. The van der Waals surface area contributed by atoms with Crippen molar-refractivity contribution in [2.45, 2.75) is 45.7 Å². The Morgan fingerprint density at radius 1 is 1.21 bits per heavy atom. The zero-order valence-electron chi connectivity index (χ0n) is 13.1. The highest BCUT2D eigenvalue weighted by molar-refractivity contribution is 5.76. The summed E-state index contributed by atoms with van der Waals surface area (Å²) in [7, 11) is 3.30. The van der Waals surface area contributed by atoms with E-state index in [4.69, 9.17) is 9.47 Å². The molecule has 0 aliphatic heterocycles. The van der Waals surface area contributed by atoms with Crippen LogP contribution in [-0.2, 0) is 14.3 Å². The first-order valence-electron chi connectivity index (χ1n) is 7.03. The molecular weight excluding hydrogens is 244 g/mol. The first-order valence-corrected chi connectivity index (χ1v) is 7.03. The van der Waals surface area contributed by atoms with E-state index < -0.39 is 0 Å². The lowest BCUT2D eigenvalue weighted by molar-refractivity contribution is -0.135. The molecule has 1 atom stereocenters. The van der Waals surface area contributed by atoms with Gasteiger partial charge in [0.05, 0.1) is 19.3 Å². The number of ether oxygens (including phenoxy) is 2. The molecule has 0 aromatic rings. The van der Waals surface area contributed by atoms with E-state index in [2.05, 4.69) is 19.2 Å². The normalized spacial score (nSPS) is 12.7. The minimum Gasteiger partial charge on any atom is -0.383 e. The highest BCUT2D eigenvalue weighted by atomic mass is 16.5. The number of methoxy groups -OCH3 is 2. The van der Waals surface area contributed by atoms with Gasteiger partial charge in [-0.1, -0.05) is 13.8 Å². The van der Waals surface area contributed by atoms with Crippen molar-refractivity contribution >= 4 is 5.91 Å². The Bertz CT molecular complexity index is 235. The van der Waals surface area contributed by atoms with Gasteiger partial charge >= 0.3 is 0 Å². The molecule has 0 aliphatic rings. The maximum absolute atomic E-state index is 12.2. The fraction of sp³-hybridized carbons (Fsp3) is 0.929. The van der Waals surface area contributed by atoms with E-state index in [1.54, 1.807) is 14.2 Å². The van der Waals surface area contributed by atoms with Crippen molar-refractivity contribution in [2.75, 3.05) is 40.5 Å². The van der Waals surface area contributed by atoms with Gasteiger partial charge in [0.25, 0.3) is 0 Å². The number of hydrogen-bond acceptors (Lipinski definition) is 4. The number of carbonyl (C=O) groups is 1. The minimum atomic E-state index is 0.0886. The fourth-order valence-electron chi connectivity index (χ4n) is 1.89. The third-order valence-corrected chi connectivity index (χ3v) is 2.92. The Labute approximate surface area is 117 Å². The van der Waals surface area contributed by atoms with Gasteiger partial charge in [0, 0.05) is 33.2 Å². The molecule has 0 rings (SSSR count). The highest BCUT2D eigenvalue weighted by Gasteiger charge is 2.19. The highest BCUT2D eigenvalue weighted by Crippen LogP contribution is 2.05.